The van der Waals surface area contributed by atoms with E-state index in [1.807, 2.05) is 42.8 Å². The van der Waals surface area contributed by atoms with Gasteiger partial charge in [-0.05, 0) is 70.5 Å². The van der Waals surface area contributed by atoms with Crippen LogP contribution in [0.2, 0.25) is 0 Å². The number of fused-ring (bicyclic) bond motifs is 1. The number of benzene rings is 2. The van der Waals surface area contributed by atoms with E-state index in [9.17, 15) is 0 Å². The highest BCUT2D eigenvalue weighted by atomic mass is 15.3. The van der Waals surface area contributed by atoms with Crippen molar-refractivity contribution in [1.82, 2.24) is 34.3 Å². The molecule has 5 rings (SSSR count). The summed E-state index contributed by atoms with van der Waals surface area (Å²) >= 11 is 0. The fourth-order valence-corrected chi connectivity index (χ4v) is 4.27. The molecule has 0 saturated carbocycles. The minimum Gasteiger partial charge on any atom is -0.399 e. The molecule has 172 valence electrons. The van der Waals surface area contributed by atoms with Crippen LogP contribution in [-0.2, 0) is 5.54 Å². The molecule has 0 unspecified atom stereocenters. The van der Waals surface area contributed by atoms with E-state index in [4.69, 9.17) is 16.5 Å². The summed E-state index contributed by atoms with van der Waals surface area (Å²) in [6.45, 7) is 10.3. The molecule has 0 aliphatic carbocycles. The van der Waals surface area contributed by atoms with E-state index in [0.29, 0.717) is 11.5 Å². The van der Waals surface area contributed by atoms with Crippen molar-refractivity contribution in [3.8, 4) is 28.2 Å². The van der Waals surface area contributed by atoms with Crippen molar-refractivity contribution in [2.75, 3.05) is 11.5 Å². The number of nitrogens with zero attached hydrogens (tertiary/aromatic N) is 7. The first kappa shape index (κ1) is 21.6. The second-order valence-corrected chi connectivity index (χ2v) is 9.37. The Morgan fingerprint density at radius 3 is 2.24 bits per heavy atom. The van der Waals surface area contributed by atoms with Gasteiger partial charge in [-0.25, -0.2) is 24.6 Å². The summed E-state index contributed by atoms with van der Waals surface area (Å²) in [5.74, 6) is 2.56. The lowest BCUT2D eigenvalue weighted by molar-refractivity contribution is 0.413. The molecular weight excluding hydrogens is 426 g/mol. The maximum atomic E-state index is 6.25. The van der Waals surface area contributed by atoms with Gasteiger partial charge >= 0.3 is 0 Å². The van der Waals surface area contributed by atoms with Crippen molar-refractivity contribution in [2.24, 2.45) is 0 Å². The molecular formula is C25H27N9. The monoisotopic (exact) mass is 453 g/mol. The summed E-state index contributed by atoms with van der Waals surface area (Å²) in [4.78, 5) is 17.8. The minimum atomic E-state index is -0.245. The fourth-order valence-electron chi connectivity index (χ4n) is 4.27. The quantitative estimate of drug-likeness (QED) is 0.390. The van der Waals surface area contributed by atoms with Crippen LogP contribution in [0.3, 0.4) is 0 Å². The average molecular weight is 454 g/mol. The summed E-state index contributed by atoms with van der Waals surface area (Å²) in [6, 6.07) is 12.0. The van der Waals surface area contributed by atoms with E-state index < -0.39 is 0 Å². The van der Waals surface area contributed by atoms with Crippen molar-refractivity contribution >= 4 is 22.7 Å². The van der Waals surface area contributed by atoms with Crippen molar-refractivity contribution in [1.29, 1.82) is 0 Å². The zero-order valence-electron chi connectivity index (χ0n) is 19.9. The summed E-state index contributed by atoms with van der Waals surface area (Å²) in [7, 11) is 0. The predicted octanol–water partition coefficient (Wildman–Crippen LogP) is 4.28. The van der Waals surface area contributed by atoms with Crippen LogP contribution in [-0.4, -0.2) is 34.3 Å². The van der Waals surface area contributed by atoms with Crippen LogP contribution in [0.4, 0.5) is 11.6 Å². The van der Waals surface area contributed by atoms with Crippen LogP contribution in [0.1, 0.15) is 32.4 Å². The molecule has 4 N–H and O–H groups in total. The van der Waals surface area contributed by atoms with E-state index in [1.165, 1.54) is 0 Å². The second kappa shape index (κ2) is 7.65. The molecule has 9 heteroatoms. The Kier molecular flexibility index (Phi) is 4.85. The Bertz CT molecular complexity index is 1520. The number of nitrogens with two attached hydrogens (primary N) is 2. The number of aromatic nitrogens is 7. The molecule has 5 aromatic rings. The van der Waals surface area contributed by atoms with Crippen LogP contribution in [0.25, 0.3) is 39.2 Å². The summed E-state index contributed by atoms with van der Waals surface area (Å²) < 4.78 is 4.08. The van der Waals surface area contributed by atoms with E-state index >= 15 is 0 Å². The Hall–Kier alpha value is -4.27. The van der Waals surface area contributed by atoms with Gasteiger partial charge in [0.25, 0.3) is 0 Å². The van der Waals surface area contributed by atoms with Crippen LogP contribution in [0.15, 0.2) is 48.8 Å². The summed E-state index contributed by atoms with van der Waals surface area (Å²) in [6.07, 6.45) is 3.44. The Labute approximate surface area is 197 Å². The number of hydrogen-bond donors (Lipinski definition) is 2. The van der Waals surface area contributed by atoms with Crippen molar-refractivity contribution in [3.63, 3.8) is 0 Å². The Balaban J connectivity index is 1.78. The first-order valence-corrected chi connectivity index (χ1v) is 11.0. The maximum Gasteiger partial charge on any atom is 0.219 e. The van der Waals surface area contributed by atoms with Gasteiger partial charge in [-0.1, -0.05) is 6.07 Å². The topological polar surface area (TPSA) is 126 Å². The molecule has 0 fully saturated rings. The van der Waals surface area contributed by atoms with E-state index in [0.717, 1.165) is 45.1 Å². The number of nitrogen functional groups attached to an aromatic ring is 2. The zero-order chi connectivity index (χ0) is 24.2. The van der Waals surface area contributed by atoms with Crippen molar-refractivity contribution in [3.05, 3.63) is 60.4 Å². The highest BCUT2D eigenvalue weighted by molar-refractivity contribution is 5.87. The molecule has 0 saturated heterocycles. The van der Waals surface area contributed by atoms with Gasteiger partial charge in [0.1, 0.15) is 17.5 Å². The van der Waals surface area contributed by atoms with E-state index in [2.05, 4.69) is 57.5 Å². The lowest BCUT2D eigenvalue weighted by Crippen LogP contribution is -2.23. The average Bonchev–Trinajstić information content (AvgIpc) is 3.33. The molecule has 0 atom stereocenters. The van der Waals surface area contributed by atoms with Crippen LogP contribution in [0, 0.1) is 13.8 Å². The first-order valence-electron chi connectivity index (χ1n) is 11.0. The van der Waals surface area contributed by atoms with Crippen LogP contribution >= 0.6 is 0 Å². The van der Waals surface area contributed by atoms with Gasteiger partial charge in [0, 0.05) is 34.7 Å². The molecule has 0 radical (unpaired) electrons. The van der Waals surface area contributed by atoms with Gasteiger partial charge in [-0.2, -0.15) is 5.10 Å². The van der Waals surface area contributed by atoms with Gasteiger partial charge < -0.3 is 16.0 Å². The fraction of sp³-hybridized carbons (Fsp3) is 0.240. The minimum absolute atomic E-state index is 0.245. The number of aryl methyl sites for hydroxylation is 2. The predicted molar refractivity (Wildman–Crippen MR) is 134 cm³/mol. The SMILES string of the molecule is Cc1nc(C)n(-c2ccc(N)cc2-c2nc3cc(-c4cnc(N)nc4)ccc3n2C(C)(C)C)n1. The first-order chi connectivity index (χ1) is 16.1. The lowest BCUT2D eigenvalue weighted by Gasteiger charge is -2.25. The standard InChI is InChI=1S/C25H27N9/c1-14-30-15(2)34(32-14)21-9-7-18(26)11-19(21)23-31-20-10-16(17-12-28-24(27)29-13-17)6-8-22(20)33(23)25(3,4)5/h6-13H,26H2,1-5H3,(H2,27,28,29). The van der Waals surface area contributed by atoms with E-state index in [1.54, 1.807) is 12.4 Å². The second-order valence-electron chi connectivity index (χ2n) is 9.37. The highest BCUT2D eigenvalue weighted by Crippen LogP contribution is 2.36. The Morgan fingerprint density at radius 1 is 0.853 bits per heavy atom. The van der Waals surface area contributed by atoms with Crippen molar-refractivity contribution < 1.29 is 0 Å². The molecule has 3 aromatic heterocycles. The van der Waals surface area contributed by atoms with Gasteiger partial charge in [0.05, 0.1) is 16.7 Å². The molecule has 3 heterocycles. The van der Waals surface area contributed by atoms with Gasteiger partial charge in [0.15, 0.2) is 0 Å². The molecule has 0 aliphatic heterocycles. The Morgan fingerprint density at radius 2 is 1.59 bits per heavy atom. The molecule has 0 spiro atoms. The highest BCUT2D eigenvalue weighted by Gasteiger charge is 2.25. The van der Waals surface area contributed by atoms with Gasteiger partial charge in [-0.3, -0.25) is 0 Å². The number of rotatable bonds is 3. The van der Waals surface area contributed by atoms with Crippen LogP contribution < -0.4 is 11.5 Å². The molecule has 2 aromatic carbocycles. The number of imidazole rings is 1. The summed E-state index contributed by atoms with van der Waals surface area (Å²) in [5.41, 5.74) is 17.8. The third-order valence-corrected chi connectivity index (χ3v) is 5.69. The summed E-state index contributed by atoms with van der Waals surface area (Å²) in [5, 5.41) is 4.61. The van der Waals surface area contributed by atoms with E-state index in [-0.39, 0.29) is 11.5 Å². The third kappa shape index (κ3) is 3.64. The molecule has 0 aliphatic rings. The smallest absolute Gasteiger partial charge is 0.219 e. The molecule has 0 amide bonds. The zero-order valence-corrected chi connectivity index (χ0v) is 19.9. The number of anilines is 2. The molecule has 9 nitrogen and oxygen atoms in total. The third-order valence-electron chi connectivity index (χ3n) is 5.69. The lowest BCUT2D eigenvalue weighted by atomic mass is 10.0. The molecule has 0 bridgehead atoms. The normalized spacial score (nSPS) is 11.9. The largest absolute Gasteiger partial charge is 0.399 e. The van der Waals surface area contributed by atoms with Crippen molar-refractivity contribution in [2.45, 2.75) is 40.2 Å². The molecule has 34 heavy (non-hydrogen) atoms. The number of hydrogen-bond acceptors (Lipinski definition) is 7. The van der Waals surface area contributed by atoms with Gasteiger partial charge in [-0.15, -0.1) is 0 Å². The van der Waals surface area contributed by atoms with Gasteiger partial charge in [0.2, 0.25) is 5.95 Å². The van der Waals surface area contributed by atoms with Crippen LogP contribution in [0.5, 0.6) is 0 Å². The maximum absolute atomic E-state index is 6.25.